The molecule has 0 atom stereocenters. The summed E-state index contributed by atoms with van der Waals surface area (Å²) < 4.78 is 1.96. The van der Waals surface area contributed by atoms with Gasteiger partial charge in [-0.1, -0.05) is 42.0 Å². The Morgan fingerprint density at radius 3 is 2.38 bits per heavy atom. The highest BCUT2D eigenvalue weighted by Gasteiger charge is 2.09. The zero-order valence-corrected chi connectivity index (χ0v) is 13.7. The van der Waals surface area contributed by atoms with Gasteiger partial charge in [0, 0.05) is 5.56 Å². The molecule has 1 amide bonds. The van der Waals surface area contributed by atoms with E-state index in [1.54, 1.807) is 17.6 Å². The molecule has 2 N–H and O–H groups in total. The van der Waals surface area contributed by atoms with Crippen LogP contribution in [0, 0.1) is 13.8 Å². The van der Waals surface area contributed by atoms with Crippen molar-refractivity contribution in [2.24, 2.45) is 0 Å². The number of nitrogens with zero attached hydrogens (tertiary/aromatic N) is 2. The van der Waals surface area contributed by atoms with Crippen molar-refractivity contribution in [1.82, 2.24) is 15.3 Å². The zero-order valence-electron chi connectivity index (χ0n) is 13.7. The second-order valence-corrected chi connectivity index (χ2v) is 5.83. The van der Waals surface area contributed by atoms with Gasteiger partial charge in [-0.05, 0) is 43.2 Å². The Labute approximate surface area is 140 Å². The van der Waals surface area contributed by atoms with Crippen molar-refractivity contribution in [2.75, 3.05) is 0 Å². The second-order valence-electron chi connectivity index (χ2n) is 5.83. The Hall–Kier alpha value is -2.92. The molecule has 0 saturated carbocycles. The fourth-order valence-corrected chi connectivity index (χ4v) is 2.62. The second kappa shape index (κ2) is 6.68. The van der Waals surface area contributed by atoms with Gasteiger partial charge >= 0.3 is 0 Å². The first-order valence-electron chi connectivity index (χ1n) is 7.71. The maximum Gasteiger partial charge on any atom is 0.274 e. The number of hydroxylamine groups is 1. The summed E-state index contributed by atoms with van der Waals surface area (Å²) in [5.41, 5.74) is 7.44. The molecule has 5 heteroatoms. The minimum Gasteiger partial charge on any atom is -0.288 e. The van der Waals surface area contributed by atoms with Gasteiger partial charge in [-0.3, -0.25) is 14.7 Å². The number of nitrogens with one attached hydrogen (secondary N) is 1. The highest BCUT2D eigenvalue weighted by Crippen LogP contribution is 2.22. The third kappa shape index (κ3) is 3.36. The van der Waals surface area contributed by atoms with Gasteiger partial charge in [-0.2, -0.15) is 5.10 Å². The monoisotopic (exact) mass is 321 g/mol. The van der Waals surface area contributed by atoms with Gasteiger partial charge in [-0.15, -0.1) is 0 Å². The molecule has 0 saturated heterocycles. The van der Waals surface area contributed by atoms with Crippen LogP contribution in [0.1, 0.15) is 27.2 Å². The fraction of sp³-hybridized carbons (Fsp3) is 0.158. The maximum atomic E-state index is 11.4. The molecule has 1 heterocycles. The fourth-order valence-electron chi connectivity index (χ4n) is 2.62. The van der Waals surface area contributed by atoms with Crippen molar-refractivity contribution in [3.63, 3.8) is 0 Å². The van der Waals surface area contributed by atoms with E-state index in [-0.39, 0.29) is 0 Å². The van der Waals surface area contributed by atoms with Crippen LogP contribution in [0.5, 0.6) is 0 Å². The summed E-state index contributed by atoms with van der Waals surface area (Å²) in [6.45, 7) is 4.65. The lowest BCUT2D eigenvalue weighted by atomic mass is 10.1. The van der Waals surface area contributed by atoms with Crippen LogP contribution in [0.25, 0.3) is 11.3 Å². The van der Waals surface area contributed by atoms with Crippen LogP contribution in [-0.2, 0) is 6.54 Å². The van der Waals surface area contributed by atoms with Crippen LogP contribution in [0.2, 0.25) is 0 Å². The Kier molecular flexibility index (Phi) is 4.44. The van der Waals surface area contributed by atoms with Crippen molar-refractivity contribution >= 4 is 5.91 Å². The lowest BCUT2D eigenvalue weighted by molar-refractivity contribution is 0.0706. The molecule has 0 bridgehead atoms. The van der Waals surface area contributed by atoms with E-state index >= 15 is 0 Å². The number of hydrogen-bond donors (Lipinski definition) is 2. The minimum atomic E-state index is -0.517. The van der Waals surface area contributed by atoms with E-state index in [9.17, 15) is 4.79 Å². The predicted octanol–water partition coefficient (Wildman–Crippen LogP) is 3.33. The molecule has 2 aromatic carbocycles. The molecule has 0 aliphatic carbocycles. The van der Waals surface area contributed by atoms with Gasteiger partial charge in [0.15, 0.2) is 0 Å². The number of carbonyl (C=O) groups excluding carboxylic acids is 1. The summed E-state index contributed by atoms with van der Waals surface area (Å²) in [5.74, 6) is -0.517. The van der Waals surface area contributed by atoms with Crippen LogP contribution in [0.3, 0.4) is 0 Å². The smallest absolute Gasteiger partial charge is 0.274 e. The Bertz CT molecular complexity index is 849. The third-order valence-corrected chi connectivity index (χ3v) is 3.90. The summed E-state index contributed by atoms with van der Waals surface area (Å²) >= 11 is 0. The van der Waals surface area contributed by atoms with Crippen molar-refractivity contribution in [3.8, 4) is 11.3 Å². The zero-order chi connectivity index (χ0) is 17.1. The van der Waals surface area contributed by atoms with E-state index in [1.165, 1.54) is 5.56 Å². The highest BCUT2D eigenvalue weighted by atomic mass is 16.5. The van der Waals surface area contributed by atoms with Crippen LogP contribution < -0.4 is 5.48 Å². The molecule has 3 rings (SSSR count). The predicted molar refractivity (Wildman–Crippen MR) is 91.9 cm³/mol. The molecule has 1 aromatic heterocycles. The molecule has 5 nitrogen and oxygen atoms in total. The first-order valence-corrected chi connectivity index (χ1v) is 7.71. The molecule has 3 aromatic rings. The van der Waals surface area contributed by atoms with Crippen LogP contribution >= 0.6 is 0 Å². The number of aryl methyl sites for hydroxylation is 2. The number of rotatable bonds is 4. The molecule has 0 fully saturated rings. The number of aromatic nitrogens is 2. The SMILES string of the molecule is Cc1ccc(-c2cc(C)nn2Cc2ccc(C(=O)NO)cc2)cc1. The van der Waals surface area contributed by atoms with Gasteiger partial charge in [0.2, 0.25) is 0 Å². The summed E-state index contributed by atoms with van der Waals surface area (Å²) in [7, 11) is 0. The quantitative estimate of drug-likeness (QED) is 0.572. The van der Waals surface area contributed by atoms with Crippen LogP contribution in [-0.4, -0.2) is 20.9 Å². The molecule has 0 radical (unpaired) electrons. The molecular weight excluding hydrogens is 302 g/mol. The van der Waals surface area contributed by atoms with Gasteiger partial charge in [0.25, 0.3) is 5.91 Å². The van der Waals surface area contributed by atoms with Gasteiger partial charge < -0.3 is 0 Å². The van der Waals surface area contributed by atoms with E-state index < -0.39 is 5.91 Å². The normalized spacial score (nSPS) is 10.6. The maximum absolute atomic E-state index is 11.4. The standard InChI is InChI=1S/C19H19N3O2/c1-13-3-7-16(8-4-13)18-11-14(2)20-22(18)12-15-5-9-17(10-6-15)19(23)21-24/h3-11,24H,12H2,1-2H3,(H,21,23). The number of benzene rings is 2. The third-order valence-electron chi connectivity index (χ3n) is 3.90. The topological polar surface area (TPSA) is 67.2 Å². The van der Waals surface area contributed by atoms with E-state index in [0.717, 1.165) is 22.5 Å². The minimum absolute atomic E-state index is 0.414. The van der Waals surface area contributed by atoms with Gasteiger partial charge in [0.1, 0.15) is 0 Å². The molecule has 0 unspecified atom stereocenters. The van der Waals surface area contributed by atoms with E-state index in [2.05, 4.69) is 42.4 Å². The number of amides is 1. The summed E-state index contributed by atoms with van der Waals surface area (Å²) in [6, 6.07) is 17.5. The Balaban J connectivity index is 1.88. The summed E-state index contributed by atoms with van der Waals surface area (Å²) in [5, 5.41) is 13.2. The molecule has 0 aliphatic rings. The molecule has 24 heavy (non-hydrogen) atoms. The lowest BCUT2D eigenvalue weighted by Crippen LogP contribution is -2.18. The number of hydrogen-bond acceptors (Lipinski definition) is 3. The highest BCUT2D eigenvalue weighted by molar-refractivity contribution is 5.93. The summed E-state index contributed by atoms with van der Waals surface area (Å²) in [6.07, 6.45) is 0. The number of carbonyl (C=O) groups is 1. The van der Waals surface area contributed by atoms with Crippen molar-refractivity contribution < 1.29 is 10.0 Å². The Morgan fingerprint density at radius 2 is 1.75 bits per heavy atom. The first-order chi connectivity index (χ1) is 11.6. The van der Waals surface area contributed by atoms with Crippen molar-refractivity contribution in [3.05, 3.63) is 77.0 Å². The van der Waals surface area contributed by atoms with Gasteiger partial charge in [0.05, 0.1) is 17.9 Å². The van der Waals surface area contributed by atoms with Crippen molar-refractivity contribution in [1.29, 1.82) is 0 Å². The van der Waals surface area contributed by atoms with E-state index in [0.29, 0.717) is 12.1 Å². The molecule has 122 valence electrons. The van der Waals surface area contributed by atoms with E-state index in [4.69, 9.17) is 5.21 Å². The molecular formula is C19H19N3O2. The lowest BCUT2D eigenvalue weighted by Gasteiger charge is -2.09. The molecule has 0 spiro atoms. The average Bonchev–Trinajstić information content (AvgIpc) is 2.96. The van der Waals surface area contributed by atoms with Crippen molar-refractivity contribution in [2.45, 2.75) is 20.4 Å². The average molecular weight is 321 g/mol. The van der Waals surface area contributed by atoms with Crippen LogP contribution in [0.15, 0.2) is 54.6 Å². The largest absolute Gasteiger partial charge is 0.288 e. The first kappa shape index (κ1) is 16.0. The summed E-state index contributed by atoms with van der Waals surface area (Å²) in [4.78, 5) is 11.4. The van der Waals surface area contributed by atoms with Crippen LogP contribution in [0.4, 0.5) is 0 Å². The Morgan fingerprint density at radius 1 is 1.08 bits per heavy atom. The molecule has 0 aliphatic heterocycles. The van der Waals surface area contributed by atoms with E-state index in [1.807, 2.05) is 23.7 Å². The van der Waals surface area contributed by atoms with Gasteiger partial charge in [-0.25, -0.2) is 5.48 Å².